The fourth-order valence-electron chi connectivity index (χ4n) is 2.85. The first-order valence-corrected chi connectivity index (χ1v) is 10.8. The van der Waals surface area contributed by atoms with E-state index in [-0.39, 0.29) is 18.1 Å². The van der Waals surface area contributed by atoms with Crippen molar-refractivity contribution in [3.63, 3.8) is 0 Å². The van der Waals surface area contributed by atoms with Gasteiger partial charge in [-0.2, -0.15) is 4.98 Å². The molecule has 0 spiro atoms. The van der Waals surface area contributed by atoms with E-state index in [9.17, 15) is 9.59 Å². The topological polar surface area (TPSA) is 65.6 Å². The van der Waals surface area contributed by atoms with Gasteiger partial charge in [0.15, 0.2) is 5.16 Å². The van der Waals surface area contributed by atoms with Crippen molar-refractivity contribution in [3.8, 4) is 10.6 Å². The van der Waals surface area contributed by atoms with Crippen LogP contribution in [0.25, 0.3) is 15.4 Å². The molecule has 2 heterocycles. The summed E-state index contributed by atoms with van der Waals surface area (Å²) < 4.78 is 6.80. The Kier molecular flexibility index (Phi) is 6.86. The Balaban J connectivity index is 1.84. The van der Waals surface area contributed by atoms with E-state index >= 15 is 0 Å². The van der Waals surface area contributed by atoms with Crippen molar-refractivity contribution in [2.45, 2.75) is 24.3 Å². The van der Waals surface area contributed by atoms with E-state index in [1.54, 1.807) is 11.5 Å². The van der Waals surface area contributed by atoms with E-state index in [1.807, 2.05) is 48.8 Å². The second-order valence-corrected chi connectivity index (χ2v) is 8.03. The van der Waals surface area contributed by atoms with E-state index in [0.29, 0.717) is 23.2 Å². The van der Waals surface area contributed by atoms with Gasteiger partial charge in [0.05, 0.1) is 25.3 Å². The Morgan fingerprint density at radius 1 is 1.31 bits per heavy atom. The quantitative estimate of drug-likeness (QED) is 0.242. The molecule has 0 radical (unpaired) electrons. The van der Waals surface area contributed by atoms with Gasteiger partial charge < -0.3 is 9.30 Å². The lowest BCUT2D eigenvalue weighted by molar-refractivity contribution is -0.142. The monoisotopic (exact) mass is 425 g/mol. The Morgan fingerprint density at radius 2 is 2.10 bits per heavy atom. The highest BCUT2D eigenvalue weighted by Gasteiger charge is 2.18. The standard InChI is InChI=1S/C21H19N3O3S2/c1-4-27-17(25)12-14-7-5-8-15(11-14)13-29-21-23-20(26)18(22-2)19(24(21)3)16-9-6-10-28-16/h5-11H,4,12-13H2,1,3H3. The maximum Gasteiger partial charge on any atom is 0.310 e. The molecule has 29 heavy (non-hydrogen) atoms. The first-order valence-electron chi connectivity index (χ1n) is 8.92. The molecule has 6 nitrogen and oxygen atoms in total. The third-order valence-corrected chi connectivity index (χ3v) is 6.10. The summed E-state index contributed by atoms with van der Waals surface area (Å²) in [6.07, 6.45) is 0.227. The molecular formula is C21H19N3O3S2. The van der Waals surface area contributed by atoms with Crippen molar-refractivity contribution in [2.24, 2.45) is 7.05 Å². The number of benzene rings is 1. The van der Waals surface area contributed by atoms with Crippen molar-refractivity contribution in [3.05, 3.63) is 74.7 Å². The molecule has 0 atom stereocenters. The third kappa shape index (κ3) is 4.94. The normalized spacial score (nSPS) is 10.5. The molecular weight excluding hydrogens is 406 g/mol. The van der Waals surface area contributed by atoms with Crippen LogP contribution >= 0.6 is 23.1 Å². The second-order valence-electron chi connectivity index (χ2n) is 6.14. The Morgan fingerprint density at radius 3 is 2.79 bits per heavy atom. The zero-order valence-electron chi connectivity index (χ0n) is 16.0. The number of nitrogens with zero attached hydrogens (tertiary/aromatic N) is 3. The zero-order valence-corrected chi connectivity index (χ0v) is 17.7. The van der Waals surface area contributed by atoms with Gasteiger partial charge in [-0.1, -0.05) is 42.1 Å². The van der Waals surface area contributed by atoms with Crippen LogP contribution in [-0.4, -0.2) is 22.1 Å². The average molecular weight is 426 g/mol. The number of thioether (sulfide) groups is 1. The summed E-state index contributed by atoms with van der Waals surface area (Å²) in [5.74, 6) is 0.328. The van der Waals surface area contributed by atoms with E-state index in [2.05, 4.69) is 9.83 Å². The third-order valence-electron chi connectivity index (χ3n) is 4.13. The van der Waals surface area contributed by atoms with Gasteiger partial charge in [-0.05, 0) is 29.5 Å². The minimum atomic E-state index is -0.514. The molecule has 0 amide bonds. The van der Waals surface area contributed by atoms with E-state index in [4.69, 9.17) is 11.3 Å². The number of hydrogen-bond acceptors (Lipinski definition) is 6. The molecule has 0 bridgehead atoms. The maximum atomic E-state index is 12.4. The molecule has 0 fully saturated rings. The Bertz CT molecular complexity index is 1120. The van der Waals surface area contributed by atoms with Crippen LogP contribution in [0.1, 0.15) is 18.1 Å². The zero-order chi connectivity index (χ0) is 20.8. The number of rotatable bonds is 7. The molecule has 1 aromatic carbocycles. The molecule has 2 aromatic heterocycles. The van der Waals surface area contributed by atoms with Crippen molar-refractivity contribution in [1.29, 1.82) is 0 Å². The second kappa shape index (κ2) is 9.54. The number of thiophene rings is 1. The summed E-state index contributed by atoms with van der Waals surface area (Å²) in [6, 6.07) is 11.5. The van der Waals surface area contributed by atoms with Crippen LogP contribution in [0.4, 0.5) is 5.69 Å². The van der Waals surface area contributed by atoms with Gasteiger partial charge in [-0.3, -0.25) is 9.59 Å². The molecule has 0 saturated carbocycles. The van der Waals surface area contributed by atoms with Crippen LogP contribution in [0.3, 0.4) is 0 Å². The van der Waals surface area contributed by atoms with Gasteiger partial charge in [0, 0.05) is 17.7 Å². The first kappa shape index (κ1) is 20.8. The maximum absolute atomic E-state index is 12.4. The molecule has 0 saturated heterocycles. The molecule has 0 aliphatic heterocycles. The van der Waals surface area contributed by atoms with Crippen molar-refractivity contribution >= 4 is 34.8 Å². The summed E-state index contributed by atoms with van der Waals surface area (Å²) in [6.45, 7) is 9.52. The van der Waals surface area contributed by atoms with Gasteiger partial charge in [0.2, 0.25) is 0 Å². The summed E-state index contributed by atoms with van der Waals surface area (Å²) in [5, 5.41) is 2.46. The highest BCUT2D eigenvalue weighted by Crippen LogP contribution is 2.33. The fraction of sp³-hybridized carbons (Fsp3) is 0.238. The minimum absolute atomic E-state index is 0.0377. The van der Waals surface area contributed by atoms with Crippen LogP contribution in [0.15, 0.2) is 51.7 Å². The number of carbonyl (C=O) groups is 1. The van der Waals surface area contributed by atoms with Gasteiger partial charge in [0.1, 0.15) is 0 Å². The lowest BCUT2D eigenvalue weighted by atomic mass is 10.1. The van der Waals surface area contributed by atoms with Crippen LogP contribution in [0.5, 0.6) is 0 Å². The van der Waals surface area contributed by atoms with Crippen LogP contribution in [0, 0.1) is 6.57 Å². The summed E-state index contributed by atoms with van der Waals surface area (Å²) in [5.41, 5.74) is 2.01. The summed E-state index contributed by atoms with van der Waals surface area (Å²) in [7, 11) is 1.82. The highest BCUT2D eigenvalue weighted by molar-refractivity contribution is 7.98. The van der Waals surface area contributed by atoms with Crippen molar-refractivity contribution in [1.82, 2.24) is 9.55 Å². The van der Waals surface area contributed by atoms with Gasteiger partial charge in [0.25, 0.3) is 11.2 Å². The van der Waals surface area contributed by atoms with Crippen LogP contribution in [0.2, 0.25) is 0 Å². The molecule has 3 rings (SSSR count). The predicted molar refractivity (Wildman–Crippen MR) is 115 cm³/mol. The SMILES string of the molecule is [C-]#[N+]c1c(-c2cccs2)n(C)c(SCc2cccc(CC(=O)OCC)c2)nc1=O. The van der Waals surface area contributed by atoms with E-state index < -0.39 is 5.56 Å². The summed E-state index contributed by atoms with van der Waals surface area (Å²) >= 11 is 2.90. The van der Waals surface area contributed by atoms with Crippen LogP contribution in [-0.2, 0) is 28.8 Å². The van der Waals surface area contributed by atoms with Crippen molar-refractivity contribution in [2.75, 3.05) is 6.61 Å². The molecule has 8 heteroatoms. The lowest BCUT2D eigenvalue weighted by Crippen LogP contribution is -2.14. The Hall–Kier alpha value is -2.89. The van der Waals surface area contributed by atoms with Gasteiger partial charge in [-0.15, -0.1) is 11.3 Å². The lowest BCUT2D eigenvalue weighted by Gasteiger charge is -2.14. The fourth-order valence-corrected chi connectivity index (χ4v) is 4.57. The van der Waals surface area contributed by atoms with Gasteiger partial charge in [-0.25, -0.2) is 4.85 Å². The molecule has 0 aliphatic carbocycles. The van der Waals surface area contributed by atoms with Crippen LogP contribution < -0.4 is 5.56 Å². The van der Waals surface area contributed by atoms with E-state index in [1.165, 1.54) is 23.1 Å². The van der Waals surface area contributed by atoms with E-state index in [0.717, 1.165) is 16.0 Å². The molecule has 148 valence electrons. The molecule has 0 aliphatic rings. The number of aromatic nitrogens is 2. The summed E-state index contributed by atoms with van der Waals surface area (Å²) in [4.78, 5) is 32.5. The number of hydrogen-bond donors (Lipinski definition) is 0. The smallest absolute Gasteiger partial charge is 0.310 e. The first-order chi connectivity index (χ1) is 14.0. The average Bonchev–Trinajstić information content (AvgIpc) is 3.22. The minimum Gasteiger partial charge on any atom is -0.466 e. The van der Waals surface area contributed by atoms with Gasteiger partial charge >= 0.3 is 5.97 Å². The number of carbonyl (C=O) groups excluding carboxylic acids is 1. The molecule has 0 N–H and O–H groups in total. The predicted octanol–water partition coefficient (Wildman–Crippen LogP) is 4.46. The Labute approximate surface area is 177 Å². The number of esters is 1. The highest BCUT2D eigenvalue weighted by atomic mass is 32.2. The largest absolute Gasteiger partial charge is 0.466 e. The van der Waals surface area contributed by atoms with Crippen molar-refractivity contribution < 1.29 is 9.53 Å². The number of ether oxygens (including phenoxy) is 1. The molecule has 3 aromatic rings. The molecule has 0 unspecified atom stereocenters.